The van der Waals surface area contributed by atoms with Gasteiger partial charge >= 0.3 is 23.9 Å². The quantitative estimate of drug-likeness (QED) is 0.0708. The van der Waals surface area contributed by atoms with Crippen LogP contribution in [0.1, 0.15) is 85.8 Å². The van der Waals surface area contributed by atoms with Gasteiger partial charge in [-0.2, -0.15) is 0 Å². The summed E-state index contributed by atoms with van der Waals surface area (Å²) in [4.78, 5) is 51.6. The molecule has 362 valence electrons. The molecule has 0 spiro atoms. The van der Waals surface area contributed by atoms with Crippen molar-refractivity contribution in [2.75, 3.05) is 39.2 Å². The number of carbonyl (C=O) groups excluding carboxylic acids is 4. The minimum Gasteiger partial charge on any atom is -0.493 e. The molecule has 0 bridgehead atoms. The van der Waals surface area contributed by atoms with Crippen molar-refractivity contribution in [2.45, 2.75) is 109 Å². The first-order chi connectivity index (χ1) is 32.7. The lowest BCUT2D eigenvalue weighted by atomic mass is 9.82. The number of hydrogen-bond acceptors (Lipinski definition) is 16. The molecular weight excluding hydrogens is 897 g/mol. The second-order valence-corrected chi connectivity index (χ2v) is 17.5. The van der Waals surface area contributed by atoms with Crippen LogP contribution in [0.2, 0.25) is 0 Å². The molecule has 16 nitrogen and oxygen atoms in total. The van der Waals surface area contributed by atoms with E-state index in [0.29, 0.717) is 35.8 Å². The molecule has 2 fully saturated rings. The predicted octanol–water partition coefficient (Wildman–Crippen LogP) is 6.45. The van der Waals surface area contributed by atoms with Crippen LogP contribution in [0, 0.1) is 0 Å². The molecule has 3 heterocycles. The molecule has 0 amide bonds. The first-order valence-electron chi connectivity index (χ1n) is 22.4. The summed E-state index contributed by atoms with van der Waals surface area (Å²) in [6, 6.07) is 29.6. The first-order valence-corrected chi connectivity index (χ1v) is 22.9. The summed E-state index contributed by atoms with van der Waals surface area (Å²) in [6.07, 6.45) is -6.92. The van der Waals surface area contributed by atoms with Crippen molar-refractivity contribution < 1.29 is 66.9 Å². The normalized spacial score (nSPS) is 24.7. The Morgan fingerprint density at radius 3 is 1.96 bits per heavy atom. The van der Waals surface area contributed by atoms with Gasteiger partial charge in [-0.15, -0.1) is 0 Å². The SMILES string of the molecule is COc1cc2c(cc1OC)CN(C[C@H]1OC(c3cccc(NC(=S)C[C@@H]4O[C@H](COC(C)=O)[C@@H](OC(C)=O)[C@H](OC(C)=O)[C@H]4OC(C)=O)c3)O[C@@H](c3ccc(CO)cc3)[C@@H]1c1ccccc1)CC2. The number of rotatable bonds is 16. The van der Waals surface area contributed by atoms with Crippen LogP contribution in [-0.4, -0.2) is 109 Å². The second-order valence-electron chi connectivity index (χ2n) is 17.0. The third-order valence-corrected chi connectivity index (χ3v) is 12.4. The second kappa shape index (κ2) is 22.9. The Morgan fingerprint density at radius 2 is 1.32 bits per heavy atom. The average Bonchev–Trinajstić information content (AvgIpc) is 3.32. The first kappa shape index (κ1) is 49.9. The lowest BCUT2D eigenvalue weighted by Crippen LogP contribution is -2.62. The van der Waals surface area contributed by atoms with Crippen molar-refractivity contribution in [3.05, 3.63) is 124 Å². The van der Waals surface area contributed by atoms with E-state index in [1.165, 1.54) is 26.3 Å². The van der Waals surface area contributed by atoms with Gasteiger partial charge in [0.25, 0.3) is 0 Å². The molecule has 3 aliphatic rings. The molecule has 4 aromatic rings. The molecule has 0 radical (unpaired) electrons. The van der Waals surface area contributed by atoms with Crippen molar-refractivity contribution in [1.82, 2.24) is 4.90 Å². The van der Waals surface area contributed by atoms with Crippen LogP contribution in [0.15, 0.2) is 91.0 Å². The number of nitrogens with one attached hydrogen (secondary N) is 1. The third kappa shape index (κ3) is 12.4. The monoisotopic (exact) mass is 954 g/mol. The van der Waals surface area contributed by atoms with E-state index in [9.17, 15) is 24.3 Å². The van der Waals surface area contributed by atoms with Crippen molar-refractivity contribution in [1.29, 1.82) is 0 Å². The summed E-state index contributed by atoms with van der Waals surface area (Å²) < 4.78 is 53.7. The largest absolute Gasteiger partial charge is 0.493 e. The van der Waals surface area contributed by atoms with E-state index in [2.05, 4.69) is 28.4 Å². The molecule has 3 aliphatic heterocycles. The predicted molar refractivity (Wildman–Crippen MR) is 251 cm³/mol. The molecule has 0 saturated carbocycles. The summed E-state index contributed by atoms with van der Waals surface area (Å²) in [7, 11) is 3.28. The maximum absolute atomic E-state index is 12.5. The maximum atomic E-state index is 12.5. The highest BCUT2D eigenvalue weighted by atomic mass is 32.1. The van der Waals surface area contributed by atoms with E-state index in [0.717, 1.165) is 42.1 Å². The molecule has 2 N–H and O–H groups in total. The van der Waals surface area contributed by atoms with E-state index < -0.39 is 66.8 Å². The Morgan fingerprint density at radius 1 is 0.691 bits per heavy atom. The van der Waals surface area contributed by atoms with E-state index >= 15 is 0 Å². The maximum Gasteiger partial charge on any atom is 0.303 e. The minimum absolute atomic E-state index is 0.0561. The Balaban J connectivity index is 1.17. The number of thiocarbonyl (C=S) groups is 1. The minimum atomic E-state index is -1.32. The number of fused-ring (bicyclic) bond motifs is 1. The van der Waals surface area contributed by atoms with Crippen LogP contribution in [0.4, 0.5) is 5.69 Å². The zero-order valence-electron chi connectivity index (χ0n) is 38.9. The number of carbonyl (C=O) groups is 4. The highest BCUT2D eigenvalue weighted by molar-refractivity contribution is 7.80. The molecule has 7 rings (SSSR count). The fourth-order valence-electron chi connectivity index (χ4n) is 9.16. The highest BCUT2D eigenvalue weighted by Crippen LogP contribution is 2.48. The van der Waals surface area contributed by atoms with Crippen molar-refractivity contribution in [2.24, 2.45) is 0 Å². The fourth-order valence-corrected chi connectivity index (χ4v) is 9.44. The number of aliphatic hydroxyl groups is 1. The summed E-state index contributed by atoms with van der Waals surface area (Å²) in [6.45, 7) is 6.33. The number of ether oxygens (including phenoxy) is 9. The highest BCUT2D eigenvalue weighted by Gasteiger charge is 2.52. The lowest BCUT2D eigenvalue weighted by molar-refractivity contribution is -0.263. The molecular formula is C51H58N2O14S. The fraction of sp³-hybridized carbons (Fsp3) is 0.431. The number of nitrogens with zero attached hydrogens (tertiary/aromatic N) is 1. The number of benzene rings is 4. The van der Waals surface area contributed by atoms with Crippen LogP contribution < -0.4 is 14.8 Å². The Labute approximate surface area is 401 Å². The number of aliphatic hydroxyl groups excluding tert-OH is 1. The molecule has 2 saturated heterocycles. The number of hydrogen-bond donors (Lipinski definition) is 2. The van der Waals surface area contributed by atoms with Gasteiger partial charge in [0.1, 0.15) is 18.8 Å². The molecule has 1 unspecified atom stereocenters. The van der Waals surface area contributed by atoms with Crippen LogP contribution in [0.3, 0.4) is 0 Å². The molecule has 9 atom stereocenters. The standard InChI is InChI=1S/C51H58N2O14S/c1-29(55)61-28-44-49(63-31(3)57)50(64-32(4)58)48(62-30(2)56)42(65-44)24-45(68)52-39-14-10-13-37(21-39)51-66-43(26-53-20-19-36-22-40(59-5)41(60-6)23-38(36)25-53)46(34-11-8-7-9-12-34)47(67-51)35-17-15-33(27-54)16-18-35/h7-18,21-23,42-44,46-51,54H,19-20,24-28H2,1-6H3,(H,52,68)/t42-,43+,44+,46+,47-,48-,49+,50+,51?/m0/s1. The van der Waals surface area contributed by atoms with Gasteiger partial charge in [-0.05, 0) is 58.5 Å². The van der Waals surface area contributed by atoms with Crippen molar-refractivity contribution in [3.63, 3.8) is 0 Å². The molecule has 68 heavy (non-hydrogen) atoms. The van der Waals surface area contributed by atoms with Crippen LogP contribution >= 0.6 is 12.2 Å². The van der Waals surface area contributed by atoms with Gasteiger partial charge in [0.15, 0.2) is 36.1 Å². The zero-order chi connectivity index (χ0) is 48.5. The van der Waals surface area contributed by atoms with Crippen LogP contribution in [0.25, 0.3) is 0 Å². The van der Waals surface area contributed by atoms with Gasteiger partial charge in [-0.1, -0.05) is 78.9 Å². The van der Waals surface area contributed by atoms with E-state index in [4.69, 9.17) is 54.8 Å². The van der Waals surface area contributed by atoms with Gasteiger partial charge in [-0.3, -0.25) is 24.1 Å². The lowest BCUT2D eigenvalue weighted by Gasteiger charge is -2.45. The number of anilines is 1. The van der Waals surface area contributed by atoms with Gasteiger partial charge < -0.3 is 53.1 Å². The summed E-state index contributed by atoms with van der Waals surface area (Å²) in [5.74, 6) is -1.63. The van der Waals surface area contributed by atoms with Crippen molar-refractivity contribution in [3.8, 4) is 11.5 Å². The van der Waals surface area contributed by atoms with Gasteiger partial charge in [-0.25, -0.2) is 0 Å². The Bertz CT molecular complexity index is 2420. The molecule has 17 heteroatoms. The summed E-state index contributed by atoms with van der Waals surface area (Å²) in [5, 5.41) is 13.2. The molecule has 0 aliphatic carbocycles. The smallest absolute Gasteiger partial charge is 0.303 e. The Hall–Kier alpha value is -5.95. The van der Waals surface area contributed by atoms with Crippen molar-refractivity contribution >= 4 is 46.8 Å². The zero-order valence-corrected chi connectivity index (χ0v) is 39.7. The third-order valence-electron chi connectivity index (χ3n) is 12.1. The summed E-state index contributed by atoms with van der Waals surface area (Å²) >= 11 is 5.88. The van der Waals surface area contributed by atoms with Crippen LogP contribution in [-0.2, 0) is 71.9 Å². The van der Waals surface area contributed by atoms with Gasteiger partial charge in [0, 0.05) is 70.9 Å². The average molecular weight is 955 g/mol. The number of methoxy groups -OCH3 is 2. The van der Waals surface area contributed by atoms with Gasteiger partial charge in [0.05, 0.1) is 38.0 Å². The number of esters is 4. The molecule has 0 aromatic heterocycles. The van der Waals surface area contributed by atoms with Gasteiger partial charge in [0.2, 0.25) is 0 Å². The topological polar surface area (TPSA) is 187 Å². The van der Waals surface area contributed by atoms with E-state index in [1.807, 2.05) is 72.8 Å². The van der Waals surface area contributed by atoms with E-state index in [1.54, 1.807) is 14.2 Å². The van der Waals surface area contributed by atoms with Crippen LogP contribution in [0.5, 0.6) is 11.5 Å². The molecule has 4 aromatic carbocycles. The van der Waals surface area contributed by atoms with E-state index in [-0.39, 0.29) is 36.6 Å². The summed E-state index contributed by atoms with van der Waals surface area (Å²) in [5.41, 5.74) is 6.43. The Kier molecular flexibility index (Phi) is 16.8.